The third kappa shape index (κ3) is 6.15. The molecular formula is C29H25ClFN3O3S. The number of carbonyl (C=O) groups excluding carboxylic acids is 3. The molecule has 0 aliphatic carbocycles. The largest absolute Gasteiger partial charge is 0.336 e. The molecule has 3 aromatic rings. The summed E-state index contributed by atoms with van der Waals surface area (Å²) in [6.45, 7) is 3.49. The topological polar surface area (TPSA) is 60.9 Å². The Balaban J connectivity index is 1.21. The number of thioether (sulfide) groups is 1. The van der Waals surface area contributed by atoms with Crippen LogP contribution in [0.2, 0.25) is 5.02 Å². The Labute approximate surface area is 229 Å². The van der Waals surface area contributed by atoms with Crippen molar-refractivity contribution >= 4 is 46.5 Å². The standard InChI is InChI=1S/C29H25ClFN3O3S/c30-24-6-2-4-22(16-24)19-34-28(36)26(38-29(34)37)17-21-3-1-5-23(15-21)27(35)33-13-11-32(12-14-33)18-20-7-9-25(31)10-8-20/h1-10,15-17H,11-14,18-19H2. The molecule has 6 nitrogen and oxygen atoms in total. The van der Waals surface area contributed by atoms with Gasteiger partial charge in [-0.05, 0) is 70.9 Å². The molecule has 0 radical (unpaired) electrons. The van der Waals surface area contributed by atoms with Crippen molar-refractivity contribution in [3.63, 3.8) is 0 Å². The molecule has 2 aliphatic rings. The average molecular weight is 550 g/mol. The fraction of sp³-hybridized carbons (Fsp3) is 0.207. The predicted octanol–water partition coefficient (Wildman–Crippen LogP) is 5.67. The molecule has 2 saturated heterocycles. The van der Waals surface area contributed by atoms with E-state index in [1.165, 1.54) is 17.0 Å². The zero-order chi connectivity index (χ0) is 26.6. The van der Waals surface area contributed by atoms with Gasteiger partial charge in [0.2, 0.25) is 0 Å². The summed E-state index contributed by atoms with van der Waals surface area (Å²) < 4.78 is 13.2. The monoisotopic (exact) mass is 549 g/mol. The van der Waals surface area contributed by atoms with Crippen molar-refractivity contribution in [2.75, 3.05) is 26.2 Å². The van der Waals surface area contributed by atoms with Gasteiger partial charge in [0.05, 0.1) is 11.4 Å². The Bertz CT molecular complexity index is 1400. The second kappa shape index (κ2) is 11.5. The number of hydrogen-bond donors (Lipinski definition) is 0. The number of nitrogens with zero attached hydrogens (tertiary/aromatic N) is 3. The minimum atomic E-state index is -0.367. The van der Waals surface area contributed by atoms with Crippen LogP contribution in [0, 0.1) is 5.82 Å². The molecule has 194 valence electrons. The number of amides is 3. The van der Waals surface area contributed by atoms with Gasteiger partial charge in [0.1, 0.15) is 5.82 Å². The highest BCUT2D eigenvalue weighted by Crippen LogP contribution is 2.33. The van der Waals surface area contributed by atoms with E-state index in [0.717, 1.165) is 36.0 Å². The SMILES string of the molecule is O=C(c1cccc(C=C2SC(=O)N(Cc3cccc(Cl)c3)C2=O)c1)N1CCN(Cc2ccc(F)cc2)CC1. The highest BCUT2D eigenvalue weighted by molar-refractivity contribution is 8.18. The lowest BCUT2D eigenvalue weighted by atomic mass is 10.1. The van der Waals surface area contributed by atoms with E-state index >= 15 is 0 Å². The van der Waals surface area contributed by atoms with Crippen LogP contribution < -0.4 is 0 Å². The first-order valence-electron chi connectivity index (χ1n) is 12.2. The highest BCUT2D eigenvalue weighted by Gasteiger charge is 2.35. The van der Waals surface area contributed by atoms with Crippen molar-refractivity contribution in [3.05, 3.63) is 111 Å². The number of piperazine rings is 1. The van der Waals surface area contributed by atoms with Gasteiger partial charge >= 0.3 is 0 Å². The first kappa shape index (κ1) is 26.2. The second-order valence-electron chi connectivity index (χ2n) is 9.22. The molecule has 9 heteroatoms. The summed E-state index contributed by atoms with van der Waals surface area (Å²) >= 11 is 6.92. The van der Waals surface area contributed by atoms with E-state index < -0.39 is 0 Å². The van der Waals surface area contributed by atoms with Crippen LogP contribution in [0.15, 0.2) is 77.7 Å². The number of benzene rings is 3. The summed E-state index contributed by atoms with van der Waals surface area (Å²) in [6, 6.07) is 20.6. The van der Waals surface area contributed by atoms with Crippen LogP contribution >= 0.6 is 23.4 Å². The quantitative estimate of drug-likeness (QED) is 0.371. The molecule has 0 spiro atoms. The van der Waals surface area contributed by atoms with Gasteiger partial charge in [0.25, 0.3) is 17.1 Å². The van der Waals surface area contributed by atoms with Gasteiger partial charge in [-0.15, -0.1) is 0 Å². The van der Waals surface area contributed by atoms with Crippen LogP contribution in [0.5, 0.6) is 0 Å². The van der Waals surface area contributed by atoms with Crippen molar-refractivity contribution < 1.29 is 18.8 Å². The Morgan fingerprint density at radius 2 is 1.63 bits per heavy atom. The lowest BCUT2D eigenvalue weighted by molar-refractivity contribution is -0.123. The molecule has 38 heavy (non-hydrogen) atoms. The van der Waals surface area contributed by atoms with Gasteiger partial charge in [-0.1, -0.05) is 48.0 Å². The molecule has 0 N–H and O–H groups in total. The molecular weight excluding hydrogens is 525 g/mol. The summed E-state index contributed by atoms with van der Waals surface area (Å²) in [5.41, 5.74) is 3.02. The summed E-state index contributed by atoms with van der Waals surface area (Å²) in [5.74, 6) is -0.691. The molecule has 3 amide bonds. The lowest BCUT2D eigenvalue weighted by Crippen LogP contribution is -2.48. The number of imide groups is 1. The van der Waals surface area contributed by atoms with Gasteiger partial charge in [-0.25, -0.2) is 4.39 Å². The predicted molar refractivity (Wildman–Crippen MR) is 147 cm³/mol. The van der Waals surface area contributed by atoms with E-state index in [1.54, 1.807) is 54.6 Å². The maximum Gasteiger partial charge on any atom is 0.293 e. The minimum absolute atomic E-state index is 0.0734. The number of carbonyl (C=O) groups is 3. The molecule has 0 aromatic heterocycles. The van der Waals surface area contributed by atoms with E-state index in [0.29, 0.717) is 40.7 Å². The molecule has 2 heterocycles. The van der Waals surface area contributed by atoms with E-state index in [2.05, 4.69) is 4.90 Å². The smallest absolute Gasteiger partial charge is 0.293 e. The minimum Gasteiger partial charge on any atom is -0.336 e. The fourth-order valence-electron chi connectivity index (χ4n) is 4.51. The summed E-state index contributed by atoms with van der Waals surface area (Å²) in [5, 5.41) is 0.202. The first-order chi connectivity index (χ1) is 18.4. The van der Waals surface area contributed by atoms with Crippen LogP contribution in [-0.2, 0) is 17.9 Å². The Morgan fingerprint density at radius 1 is 0.895 bits per heavy atom. The Kier molecular flexibility index (Phi) is 7.93. The van der Waals surface area contributed by atoms with E-state index in [-0.39, 0.29) is 29.4 Å². The third-order valence-electron chi connectivity index (χ3n) is 6.51. The first-order valence-corrected chi connectivity index (χ1v) is 13.4. The van der Waals surface area contributed by atoms with E-state index in [4.69, 9.17) is 11.6 Å². The van der Waals surface area contributed by atoms with Crippen LogP contribution in [0.3, 0.4) is 0 Å². The van der Waals surface area contributed by atoms with Crippen molar-refractivity contribution in [1.82, 2.24) is 14.7 Å². The number of halogens is 2. The van der Waals surface area contributed by atoms with Gasteiger partial charge in [0, 0.05) is 43.3 Å². The van der Waals surface area contributed by atoms with Crippen molar-refractivity contribution in [3.8, 4) is 0 Å². The molecule has 5 rings (SSSR count). The third-order valence-corrected chi connectivity index (χ3v) is 7.66. The van der Waals surface area contributed by atoms with E-state index in [1.807, 2.05) is 17.0 Å². The summed E-state index contributed by atoms with van der Waals surface area (Å²) in [6.07, 6.45) is 1.65. The zero-order valence-electron chi connectivity index (χ0n) is 20.5. The molecule has 2 fully saturated rings. The summed E-state index contributed by atoms with van der Waals surface area (Å²) in [7, 11) is 0. The van der Waals surface area contributed by atoms with Gasteiger partial charge in [-0.2, -0.15) is 0 Å². The Morgan fingerprint density at radius 3 is 2.37 bits per heavy atom. The van der Waals surface area contributed by atoms with E-state index in [9.17, 15) is 18.8 Å². The van der Waals surface area contributed by atoms with Crippen LogP contribution in [0.4, 0.5) is 9.18 Å². The zero-order valence-corrected chi connectivity index (χ0v) is 22.1. The molecule has 0 saturated carbocycles. The number of hydrogen-bond acceptors (Lipinski definition) is 5. The van der Waals surface area contributed by atoms with Crippen LogP contribution in [0.1, 0.15) is 27.0 Å². The molecule has 3 aromatic carbocycles. The lowest BCUT2D eigenvalue weighted by Gasteiger charge is -2.34. The van der Waals surface area contributed by atoms with Crippen molar-refractivity contribution in [1.29, 1.82) is 0 Å². The maximum absolute atomic E-state index is 13.2. The number of rotatable bonds is 6. The second-order valence-corrected chi connectivity index (χ2v) is 10.6. The van der Waals surface area contributed by atoms with Gasteiger partial charge in [0.15, 0.2) is 0 Å². The summed E-state index contributed by atoms with van der Waals surface area (Å²) in [4.78, 5) is 44.2. The molecule has 0 atom stereocenters. The van der Waals surface area contributed by atoms with Crippen molar-refractivity contribution in [2.45, 2.75) is 13.1 Å². The average Bonchev–Trinajstić information content (AvgIpc) is 3.17. The maximum atomic E-state index is 13.2. The normalized spacial score (nSPS) is 17.5. The highest BCUT2D eigenvalue weighted by atomic mass is 35.5. The van der Waals surface area contributed by atoms with Gasteiger partial charge < -0.3 is 4.90 Å². The van der Waals surface area contributed by atoms with Crippen LogP contribution in [-0.4, -0.2) is 57.9 Å². The Hall–Kier alpha value is -3.46. The fourth-order valence-corrected chi connectivity index (χ4v) is 5.56. The van der Waals surface area contributed by atoms with Gasteiger partial charge in [-0.3, -0.25) is 24.2 Å². The van der Waals surface area contributed by atoms with Crippen LogP contribution in [0.25, 0.3) is 6.08 Å². The molecule has 0 bridgehead atoms. The molecule has 2 aliphatic heterocycles. The van der Waals surface area contributed by atoms with Crippen molar-refractivity contribution in [2.24, 2.45) is 0 Å². The molecule has 0 unspecified atom stereocenters.